The van der Waals surface area contributed by atoms with Crippen LogP contribution in [0, 0.1) is 12.3 Å². The lowest BCUT2D eigenvalue weighted by Gasteiger charge is -2.09. The molecule has 1 aromatic rings. The fourth-order valence-electron chi connectivity index (χ4n) is 1.14. The molecule has 0 aliphatic carbocycles. The number of nitrogens with zero attached hydrogens (tertiary/aromatic N) is 1. The summed E-state index contributed by atoms with van der Waals surface area (Å²) in [5, 5.41) is 7.22. The first-order valence-electron chi connectivity index (χ1n) is 4.80. The second-order valence-electron chi connectivity index (χ2n) is 3.46. The van der Waals surface area contributed by atoms with E-state index in [1.54, 1.807) is 13.0 Å². The van der Waals surface area contributed by atoms with Gasteiger partial charge in [0.15, 0.2) is 0 Å². The zero-order valence-corrected chi connectivity index (χ0v) is 9.14. The molecular weight excluding hydrogens is 235 g/mol. The number of nitrogen functional groups attached to an aromatic ring is 1. The third-order valence-corrected chi connectivity index (χ3v) is 1.88. The Morgan fingerprint density at radius 3 is 2.65 bits per heavy atom. The van der Waals surface area contributed by atoms with Crippen LogP contribution in [-0.2, 0) is 0 Å². The monoisotopic (exact) mass is 247 g/mol. The fraction of sp³-hybridized carbons (Fsp3) is 0.400. The van der Waals surface area contributed by atoms with Gasteiger partial charge in [-0.25, -0.2) is 4.98 Å². The van der Waals surface area contributed by atoms with E-state index in [0.29, 0.717) is 11.3 Å². The van der Waals surface area contributed by atoms with Gasteiger partial charge in [-0.05, 0) is 13.0 Å². The summed E-state index contributed by atoms with van der Waals surface area (Å²) in [6, 6.07) is 2.89. The molecule has 0 atom stereocenters. The second-order valence-corrected chi connectivity index (χ2v) is 3.46. The summed E-state index contributed by atoms with van der Waals surface area (Å²) in [7, 11) is 0. The first-order chi connectivity index (χ1) is 7.78. The normalized spacial score (nSPS) is 11.3. The number of aromatic nitrogens is 1. The second kappa shape index (κ2) is 5.03. The van der Waals surface area contributed by atoms with E-state index >= 15 is 0 Å². The van der Waals surface area contributed by atoms with Crippen LogP contribution in [0.1, 0.15) is 17.7 Å². The van der Waals surface area contributed by atoms with Crippen molar-refractivity contribution in [3.8, 4) is 5.88 Å². The van der Waals surface area contributed by atoms with Crippen LogP contribution in [0.4, 0.5) is 13.2 Å². The van der Waals surface area contributed by atoms with Gasteiger partial charge < -0.3 is 10.5 Å². The van der Waals surface area contributed by atoms with Gasteiger partial charge in [0.1, 0.15) is 5.84 Å². The highest BCUT2D eigenvalue weighted by Gasteiger charge is 2.26. The van der Waals surface area contributed by atoms with Crippen LogP contribution < -0.4 is 10.5 Å². The Bertz CT molecular complexity index is 418. The molecule has 1 aromatic heterocycles. The van der Waals surface area contributed by atoms with E-state index in [-0.39, 0.29) is 11.7 Å². The van der Waals surface area contributed by atoms with Crippen molar-refractivity contribution < 1.29 is 17.9 Å². The maximum absolute atomic E-state index is 11.9. The molecule has 0 aliphatic rings. The molecule has 0 saturated heterocycles. The lowest BCUT2D eigenvalue weighted by molar-refractivity contribution is -0.139. The minimum atomic E-state index is -4.26. The highest BCUT2D eigenvalue weighted by Crippen LogP contribution is 2.20. The summed E-state index contributed by atoms with van der Waals surface area (Å²) in [5.41, 5.74) is 6.17. The number of rotatable bonds is 4. The molecule has 3 N–H and O–H groups in total. The Morgan fingerprint density at radius 2 is 2.12 bits per heavy atom. The largest absolute Gasteiger partial charge is 0.477 e. The summed E-state index contributed by atoms with van der Waals surface area (Å²) in [4.78, 5) is 3.89. The Kier molecular flexibility index (Phi) is 3.93. The van der Waals surface area contributed by atoms with Crippen LogP contribution in [0.2, 0.25) is 0 Å². The molecule has 0 fully saturated rings. The number of hydrogen-bond acceptors (Lipinski definition) is 3. The van der Waals surface area contributed by atoms with Gasteiger partial charge in [-0.2, -0.15) is 13.2 Å². The summed E-state index contributed by atoms with van der Waals surface area (Å²) >= 11 is 0. The smallest absolute Gasteiger partial charge is 0.392 e. The van der Waals surface area contributed by atoms with Crippen molar-refractivity contribution >= 4 is 5.84 Å². The molecule has 4 nitrogen and oxygen atoms in total. The van der Waals surface area contributed by atoms with Gasteiger partial charge in [-0.1, -0.05) is 0 Å². The van der Waals surface area contributed by atoms with Crippen LogP contribution in [-0.4, -0.2) is 23.6 Å². The maximum Gasteiger partial charge on any atom is 0.392 e. The van der Waals surface area contributed by atoms with Crippen LogP contribution in [0.3, 0.4) is 0 Å². The topological polar surface area (TPSA) is 72.0 Å². The minimum absolute atomic E-state index is 0.0412. The molecule has 0 unspecified atom stereocenters. The SMILES string of the molecule is Cc1cc(C(=N)N)cc(OCCC(F)(F)F)n1. The number of amidine groups is 1. The maximum atomic E-state index is 11.9. The predicted molar refractivity (Wildman–Crippen MR) is 56.2 cm³/mol. The third kappa shape index (κ3) is 4.71. The highest BCUT2D eigenvalue weighted by molar-refractivity contribution is 5.95. The van der Waals surface area contributed by atoms with E-state index in [1.807, 2.05) is 0 Å². The average Bonchev–Trinajstić information content (AvgIpc) is 2.14. The number of aryl methyl sites for hydroxylation is 1. The molecule has 1 rings (SSSR count). The molecule has 94 valence electrons. The molecule has 0 aromatic carbocycles. The van der Waals surface area contributed by atoms with Gasteiger partial charge in [-0.3, -0.25) is 5.41 Å². The number of hydrogen-bond donors (Lipinski definition) is 2. The zero-order valence-electron chi connectivity index (χ0n) is 9.14. The molecule has 7 heteroatoms. The van der Waals surface area contributed by atoms with Crippen molar-refractivity contribution in [2.45, 2.75) is 19.5 Å². The standard InChI is InChI=1S/C10H12F3N3O/c1-6-4-7(9(14)15)5-8(16-6)17-3-2-10(11,12)13/h4-5H,2-3H2,1H3,(H3,14,15). The molecular formula is C10H12F3N3O. The van der Waals surface area contributed by atoms with Crippen molar-refractivity contribution in [1.29, 1.82) is 5.41 Å². The Labute approximate surface area is 96.1 Å². The van der Waals surface area contributed by atoms with Crippen LogP contribution in [0.25, 0.3) is 0 Å². The lowest BCUT2D eigenvalue weighted by atomic mass is 10.2. The van der Waals surface area contributed by atoms with Crippen LogP contribution in [0.5, 0.6) is 5.88 Å². The third-order valence-electron chi connectivity index (χ3n) is 1.88. The van der Waals surface area contributed by atoms with Gasteiger partial charge in [0.05, 0.1) is 13.0 Å². The molecule has 0 aliphatic heterocycles. The Hall–Kier alpha value is -1.79. The molecule has 0 spiro atoms. The predicted octanol–water partition coefficient (Wildman–Crippen LogP) is 2.01. The first-order valence-corrected chi connectivity index (χ1v) is 4.80. The van der Waals surface area contributed by atoms with Crippen molar-refractivity contribution in [3.05, 3.63) is 23.4 Å². The highest BCUT2D eigenvalue weighted by atomic mass is 19.4. The number of nitrogens with one attached hydrogen (secondary N) is 1. The van der Waals surface area contributed by atoms with E-state index in [9.17, 15) is 13.2 Å². The van der Waals surface area contributed by atoms with Crippen LogP contribution >= 0.6 is 0 Å². The quantitative estimate of drug-likeness (QED) is 0.631. The minimum Gasteiger partial charge on any atom is -0.477 e. The van der Waals surface area contributed by atoms with Gasteiger partial charge in [0.25, 0.3) is 0 Å². The van der Waals surface area contributed by atoms with Crippen molar-refractivity contribution in [1.82, 2.24) is 4.98 Å². The Morgan fingerprint density at radius 1 is 1.47 bits per heavy atom. The number of nitrogens with two attached hydrogens (primary N) is 1. The van der Waals surface area contributed by atoms with Gasteiger partial charge in [-0.15, -0.1) is 0 Å². The van der Waals surface area contributed by atoms with E-state index < -0.39 is 19.2 Å². The van der Waals surface area contributed by atoms with Crippen molar-refractivity contribution in [2.75, 3.05) is 6.61 Å². The van der Waals surface area contributed by atoms with Crippen molar-refractivity contribution in [3.63, 3.8) is 0 Å². The van der Waals surface area contributed by atoms with Gasteiger partial charge in [0.2, 0.25) is 5.88 Å². The van der Waals surface area contributed by atoms with Crippen LogP contribution in [0.15, 0.2) is 12.1 Å². The number of alkyl halides is 3. The average molecular weight is 247 g/mol. The number of ether oxygens (including phenoxy) is 1. The van der Waals surface area contributed by atoms with E-state index in [4.69, 9.17) is 15.9 Å². The number of pyridine rings is 1. The van der Waals surface area contributed by atoms with E-state index in [2.05, 4.69) is 4.98 Å². The molecule has 0 amide bonds. The van der Waals surface area contributed by atoms with E-state index in [0.717, 1.165) is 0 Å². The van der Waals surface area contributed by atoms with Gasteiger partial charge >= 0.3 is 6.18 Å². The molecule has 1 heterocycles. The van der Waals surface area contributed by atoms with Gasteiger partial charge in [0, 0.05) is 17.3 Å². The Balaban J connectivity index is 2.68. The molecule has 17 heavy (non-hydrogen) atoms. The lowest BCUT2D eigenvalue weighted by Crippen LogP contribution is -2.15. The summed E-state index contributed by atoms with van der Waals surface area (Å²) in [6.45, 7) is 1.14. The summed E-state index contributed by atoms with van der Waals surface area (Å²) in [5.74, 6) is -0.143. The van der Waals surface area contributed by atoms with Crippen molar-refractivity contribution in [2.24, 2.45) is 5.73 Å². The number of halogens is 3. The van der Waals surface area contributed by atoms with E-state index in [1.165, 1.54) is 6.07 Å². The fourth-order valence-corrected chi connectivity index (χ4v) is 1.14. The molecule has 0 saturated carbocycles. The summed E-state index contributed by atoms with van der Waals surface area (Å²) in [6.07, 6.45) is -5.30. The summed E-state index contributed by atoms with van der Waals surface area (Å²) < 4.78 is 40.5. The molecule has 0 bridgehead atoms. The molecule has 0 radical (unpaired) electrons. The first kappa shape index (κ1) is 13.3. The zero-order chi connectivity index (χ0) is 13.1.